The molecule has 0 saturated heterocycles. The number of hydrogen-bond acceptors (Lipinski definition) is 4. The van der Waals surface area contributed by atoms with Crippen LogP contribution < -0.4 is 9.73 Å². The minimum Gasteiger partial charge on any atom is -0.271 e. The van der Waals surface area contributed by atoms with Gasteiger partial charge >= 0.3 is 0 Å². The van der Waals surface area contributed by atoms with Gasteiger partial charge in [-0.1, -0.05) is 42.8 Å². The molecule has 0 saturated carbocycles. The van der Waals surface area contributed by atoms with Gasteiger partial charge in [0.05, 0.1) is 10.6 Å². The van der Waals surface area contributed by atoms with Crippen molar-refractivity contribution in [2.75, 3.05) is 10.8 Å². The molecule has 2 aromatic carbocycles. The zero-order chi connectivity index (χ0) is 19.2. The number of nitrogens with zero attached hydrogens (tertiary/aromatic N) is 2. The van der Waals surface area contributed by atoms with Gasteiger partial charge in [-0.25, -0.2) is 13.8 Å². The van der Waals surface area contributed by atoms with Crippen LogP contribution in [0.5, 0.6) is 0 Å². The molecule has 1 amide bonds. The number of amides is 1. The van der Waals surface area contributed by atoms with E-state index in [0.717, 1.165) is 9.87 Å². The fourth-order valence-corrected chi connectivity index (χ4v) is 3.76. The van der Waals surface area contributed by atoms with E-state index >= 15 is 0 Å². The summed E-state index contributed by atoms with van der Waals surface area (Å²) in [6.45, 7) is 3.27. The largest absolute Gasteiger partial charge is 0.271 e. The number of benzene rings is 2. The summed E-state index contributed by atoms with van der Waals surface area (Å²) in [4.78, 5) is 12.3. The molecule has 0 bridgehead atoms. The first-order chi connectivity index (χ1) is 12.4. The van der Waals surface area contributed by atoms with Crippen LogP contribution in [0.1, 0.15) is 18.9 Å². The molecule has 0 fully saturated rings. The molecule has 0 aliphatic carbocycles. The third kappa shape index (κ3) is 4.83. The highest BCUT2D eigenvalue weighted by Gasteiger charge is 2.27. The van der Waals surface area contributed by atoms with Crippen molar-refractivity contribution in [1.29, 1.82) is 0 Å². The Balaban J connectivity index is 2.43. The van der Waals surface area contributed by atoms with E-state index in [1.54, 1.807) is 30.3 Å². The van der Waals surface area contributed by atoms with Gasteiger partial charge in [0, 0.05) is 11.2 Å². The van der Waals surface area contributed by atoms with Gasteiger partial charge < -0.3 is 0 Å². The Morgan fingerprint density at radius 3 is 2.54 bits per heavy atom. The summed E-state index contributed by atoms with van der Waals surface area (Å²) in [5.74, 6) is -0.550. The lowest BCUT2D eigenvalue weighted by atomic mass is 10.2. The number of carbonyl (C=O) groups excluding carboxylic acids is 1. The van der Waals surface area contributed by atoms with Gasteiger partial charge in [-0.05, 0) is 43.2 Å². The Kier molecular flexibility index (Phi) is 6.76. The van der Waals surface area contributed by atoms with Crippen molar-refractivity contribution < 1.29 is 13.2 Å². The molecule has 2 rings (SSSR count). The smallest absolute Gasteiger partial charge is 0.264 e. The molecule has 0 aliphatic rings. The molecule has 0 aliphatic heterocycles. The number of sulfonamides is 1. The maximum atomic E-state index is 13.1. The lowest BCUT2D eigenvalue weighted by molar-refractivity contribution is -0.119. The van der Waals surface area contributed by atoms with Gasteiger partial charge in [0.15, 0.2) is 0 Å². The van der Waals surface area contributed by atoms with Crippen molar-refractivity contribution in [3.63, 3.8) is 0 Å². The van der Waals surface area contributed by atoms with E-state index in [2.05, 4.69) is 10.5 Å². The molecule has 1 N–H and O–H groups in total. The van der Waals surface area contributed by atoms with E-state index in [4.69, 9.17) is 11.6 Å². The number of hydrazone groups is 1. The molecular formula is C18H20ClN3O3S. The second-order valence-corrected chi connectivity index (χ2v) is 7.78. The minimum absolute atomic E-state index is 0.0848. The van der Waals surface area contributed by atoms with E-state index in [1.165, 1.54) is 24.4 Å². The van der Waals surface area contributed by atoms with Crippen LogP contribution in [-0.2, 0) is 14.8 Å². The van der Waals surface area contributed by atoms with Crippen molar-refractivity contribution >= 4 is 39.4 Å². The van der Waals surface area contributed by atoms with Crippen LogP contribution in [0.25, 0.3) is 0 Å². The number of rotatable bonds is 7. The summed E-state index contributed by atoms with van der Waals surface area (Å²) in [6, 6.07) is 12.8. The van der Waals surface area contributed by atoms with Crippen LogP contribution in [0.2, 0.25) is 5.02 Å². The standard InChI is InChI=1S/C18H20ClN3O3S/c1-3-11-20-21-18(23)13-22(15-10-9-14(2)17(19)12-15)26(24,25)16-7-5-4-6-8-16/h4-12H,3,13H2,1-2H3,(H,21,23)/b20-11-. The van der Waals surface area contributed by atoms with Crippen molar-refractivity contribution in [2.45, 2.75) is 25.2 Å². The van der Waals surface area contributed by atoms with Gasteiger partial charge in [0.1, 0.15) is 6.54 Å². The summed E-state index contributed by atoms with van der Waals surface area (Å²) in [6.07, 6.45) is 2.18. The van der Waals surface area contributed by atoms with Crippen LogP contribution in [0.3, 0.4) is 0 Å². The van der Waals surface area contributed by atoms with Crippen LogP contribution in [-0.4, -0.2) is 27.1 Å². The Morgan fingerprint density at radius 1 is 1.23 bits per heavy atom. The molecule has 26 heavy (non-hydrogen) atoms. The Bertz CT molecular complexity index is 899. The molecule has 8 heteroatoms. The molecule has 0 atom stereocenters. The Morgan fingerprint density at radius 2 is 1.92 bits per heavy atom. The number of nitrogens with one attached hydrogen (secondary N) is 1. The predicted molar refractivity (Wildman–Crippen MR) is 104 cm³/mol. The van der Waals surface area contributed by atoms with Crippen LogP contribution in [0, 0.1) is 6.92 Å². The highest BCUT2D eigenvalue weighted by molar-refractivity contribution is 7.92. The zero-order valence-electron chi connectivity index (χ0n) is 14.5. The van der Waals surface area contributed by atoms with Gasteiger partial charge in [0.2, 0.25) is 0 Å². The second-order valence-electron chi connectivity index (χ2n) is 5.51. The molecule has 138 valence electrons. The van der Waals surface area contributed by atoms with E-state index in [-0.39, 0.29) is 4.90 Å². The average molecular weight is 394 g/mol. The summed E-state index contributed by atoms with van der Waals surface area (Å²) in [7, 11) is -3.95. The number of carbonyl (C=O) groups is 1. The molecule has 0 aromatic heterocycles. The topological polar surface area (TPSA) is 78.8 Å². The van der Waals surface area contributed by atoms with Crippen molar-refractivity contribution in [3.05, 3.63) is 59.1 Å². The maximum Gasteiger partial charge on any atom is 0.264 e. The van der Waals surface area contributed by atoms with Crippen molar-refractivity contribution in [2.24, 2.45) is 5.10 Å². The SMILES string of the molecule is CC/C=N\NC(=O)CN(c1ccc(C)c(Cl)c1)S(=O)(=O)c1ccccc1. The first-order valence-electron chi connectivity index (χ1n) is 8.00. The zero-order valence-corrected chi connectivity index (χ0v) is 16.1. The molecule has 0 spiro atoms. The number of aryl methyl sites for hydroxylation is 1. The third-order valence-electron chi connectivity index (χ3n) is 3.52. The predicted octanol–water partition coefficient (Wildman–Crippen LogP) is 3.36. The molecule has 0 unspecified atom stereocenters. The number of hydrogen-bond donors (Lipinski definition) is 1. The summed E-state index contributed by atoms with van der Waals surface area (Å²) in [5, 5.41) is 4.17. The van der Waals surface area contributed by atoms with Crippen LogP contribution in [0.4, 0.5) is 5.69 Å². The Labute approximate surface area is 158 Å². The quantitative estimate of drug-likeness (QED) is 0.578. The molecule has 0 radical (unpaired) electrons. The molecular weight excluding hydrogens is 374 g/mol. The van der Waals surface area contributed by atoms with E-state index in [9.17, 15) is 13.2 Å². The average Bonchev–Trinajstić information content (AvgIpc) is 2.63. The van der Waals surface area contributed by atoms with Gasteiger partial charge in [-0.3, -0.25) is 9.10 Å². The molecule has 2 aromatic rings. The van der Waals surface area contributed by atoms with Gasteiger partial charge in [0.25, 0.3) is 15.9 Å². The van der Waals surface area contributed by atoms with E-state index in [1.807, 2.05) is 13.8 Å². The number of anilines is 1. The second kappa shape index (κ2) is 8.82. The monoisotopic (exact) mass is 393 g/mol. The summed E-state index contributed by atoms with van der Waals surface area (Å²) >= 11 is 6.15. The number of halogens is 1. The normalized spacial score (nSPS) is 11.5. The fourth-order valence-electron chi connectivity index (χ4n) is 2.15. The minimum atomic E-state index is -3.95. The molecule has 6 nitrogen and oxygen atoms in total. The lowest BCUT2D eigenvalue weighted by Crippen LogP contribution is -2.39. The highest BCUT2D eigenvalue weighted by Crippen LogP contribution is 2.27. The first-order valence-corrected chi connectivity index (χ1v) is 9.82. The van der Waals surface area contributed by atoms with Crippen LogP contribution in [0.15, 0.2) is 58.5 Å². The van der Waals surface area contributed by atoms with Gasteiger partial charge in [-0.2, -0.15) is 5.10 Å². The highest BCUT2D eigenvalue weighted by atomic mass is 35.5. The Hall–Kier alpha value is -2.38. The van der Waals surface area contributed by atoms with Crippen molar-refractivity contribution in [1.82, 2.24) is 5.43 Å². The molecule has 0 heterocycles. The lowest BCUT2D eigenvalue weighted by Gasteiger charge is -2.24. The van der Waals surface area contributed by atoms with Crippen LogP contribution >= 0.6 is 11.6 Å². The van der Waals surface area contributed by atoms with E-state index in [0.29, 0.717) is 17.1 Å². The van der Waals surface area contributed by atoms with Gasteiger partial charge in [-0.15, -0.1) is 0 Å². The third-order valence-corrected chi connectivity index (χ3v) is 5.72. The maximum absolute atomic E-state index is 13.1. The van der Waals surface area contributed by atoms with E-state index < -0.39 is 22.5 Å². The fraction of sp³-hybridized carbons (Fsp3) is 0.222. The van der Waals surface area contributed by atoms with Crippen molar-refractivity contribution in [3.8, 4) is 0 Å². The first kappa shape index (κ1) is 19.9. The summed E-state index contributed by atoms with van der Waals surface area (Å²) < 4.78 is 27.1. The summed E-state index contributed by atoms with van der Waals surface area (Å²) in [5.41, 5.74) is 3.44.